The predicted octanol–water partition coefficient (Wildman–Crippen LogP) is 5.16. The number of hydrogen-bond acceptors (Lipinski definition) is 1. The van der Waals surface area contributed by atoms with Gasteiger partial charge in [0.25, 0.3) is 0 Å². The number of likely N-dealkylation sites (N-methyl/N-ethyl adjacent to an activating group) is 1. The first-order valence-electron chi connectivity index (χ1n) is 6.64. The van der Waals surface area contributed by atoms with Crippen molar-refractivity contribution in [2.24, 2.45) is 0 Å². The van der Waals surface area contributed by atoms with Crippen molar-refractivity contribution in [3.8, 4) is 0 Å². The number of rotatable bonds is 5. The van der Waals surface area contributed by atoms with Gasteiger partial charge in [-0.1, -0.05) is 48.3 Å². The standard InChI is InChI=1S/C16H15Cl2F2N/c1-2-21-15(10-5-3-8-14(20)16(10)18)9-11-12(17)6-4-7-13(11)19/h3-8,15,21H,2,9H2,1H3. The number of hydrogen-bond donors (Lipinski definition) is 1. The highest BCUT2D eigenvalue weighted by Gasteiger charge is 2.19. The molecule has 0 aliphatic rings. The van der Waals surface area contributed by atoms with Gasteiger partial charge in [0.05, 0.1) is 5.02 Å². The summed E-state index contributed by atoms with van der Waals surface area (Å²) in [5, 5.41) is 3.60. The third kappa shape index (κ3) is 3.73. The highest BCUT2D eigenvalue weighted by Crippen LogP contribution is 2.30. The second-order valence-corrected chi connectivity index (χ2v) is 5.44. The van der Waals surface area contributed by atoms with E-state index in [1.165, 1.54) is 12.1 Å². The molecule has 1 atom stereocenters. The van der Waals surface area contributed by atoms with E-state index in [0.717, 1.165) is 0 Å². The van der Waals surface area contributed by atoms with E-state index < -0.39 is 5.82 Å². The molecule has 5 heteroatoms. The van der Waals surface area contributed by atoms with Crippen LogP contribution in [0.2, 0.25) is 10.0 Å². The van der Waals surface area contributed by atoms with Crippen LogP contribution in [0.25, 0.3) is 0 Å². The predicted molar refractivity (Wildman–Crippen MR) is 82.9 cm³/mol. The van der Waals surface area contributed by atoms with Crippen LogP contribution in [0.5, 0.6) is 0 Å². The fraction of sp³-hybridized carbons (Fsp3) is 0.250. The Morgan fingerprint density at radius 1 is 1.05 bits per heavy atom. The summed E-state index contributed by atoms with van der Waals surface area (Å²) in [7, 11) is 0. The smallest absolute Gasteiger partial charge is 0.142 e. The van der Waals surface area contributed by atoms with Gasteiger partial charge in [0, 0.05) is 16.6 Å². The van der Waals surface area contributed by atoms with Crippen LogP contribution in [0, 0.1) is 11.6 Å². The van der Waals surface area contributed by atoms with Crippen molar-refractivity contribution in [1.82, 2.24) is 5.32 Å². The van der Waals surface area contributed by atoms with E-state index in [1.807, 2.05) is 6.92 Å². The third-order valence-electron chi connectivity index (χ3n) is 3.28. The average molecular weight is 330 g/mol. The molecule has 0 spiro atoms. The van der Waals surface area contributed by atoms with E-state index in [2.05, 4.69) is 5.32 Å². The van der Waals surface area contributed by atoms with Crippen LogP contribution in [-0.4, -0.2) is 6.54 Å². The summed E-state index contributed by atoms with van der Waals surface area (Å²) < 4.78 is 27.5. The molecule has 0 saturated heterocycles. The van der Waals surface area contributed by atoms with Gasteiger partial charge in [-0.05, 0) is 36.7 Å². The monoisotopic (exact) mass is 329 g/mol. The second-order valence-electron chi connectivity index (χ2n) is 4.66. The Balaban J connectivity index is 2.38. The second kappa shape index (κ2) is 7.21. The summed E-state index contributed by atoms with van der Waals surface area (Å²) in [6, 6.07) is 8.85. The van der Waals surface area contributed by atoms with Crippen molar-refractivity contribution < 1.29 is 8.78 Å². The molecule has 0 aromatic heterocycles. The topological polar surface area (TPSA) is 12.0 Å². The zero-order valence-corrected chi connectivity index (χ0v) is 13.0. The zero-order valence-electron chi connectivity index (χ0n) is 11.5. The molecule has 0 aliphatic carbocycles. The maximum atomic E-state index is 13.9. The summed E-state index contributed by atoms with van der Waals surface area (Å²) in [5.74, 6) is -0.866. The normalized spacial score (nSPS) is 12.4. The highest BCUT2D eigenvalue weighted by atomic mass is 35.5. The molecule has 2 rings (SSSR count). The van der Waals surface area contributed by atoms with E-state index in [0.29, 0.717) is 29.1 Å². The maximum absolute atomic E-state index is 13.9. The van der Waals surface area contributed by atoms with Crippen LogP contribution in [-0.2, 0) is 6.42 Å². The van der Waals surface area contributed by atoms with E-state index in [9.17, 15) is 8.78 Å². The van der Waals surface area contributed by atoms with Gasteiger partial charge >= 0.3 is 0 Å². The van der Waals surface area contributed by atoms with Crippen LogP contribution in [0.4, 0.5) is 8.78 Å². The molecule has 1 unspecified atom stereocenters. The lowest BCUT2D eigenvalue weighted by Crippen LogP contribution is -2.24. The summed E-state index contributed by atoms with van der Waals surface area (Å²) in [6.07, 6.45) is 0.294. The molecular weight excluding hydrogens is 315 g/mol. The minimum Gasteiger partial charge on any atom is -0.310 e. The molecule has 0 saturated carbocycles. The first-order chi connectivity index (χ1) is 10.0. The zero-order chi connectivity index (χ0) is 15.4. The molecular formula is C16H15Cl2F2N. The first-order valence-corrected chi connectivity index (χ1v) is 7.40. The number of benzene rings is 2. The maximum Gasteiger partial charge on any atom is 0.142 e. The fourth-order valence-corrected chi connectivity index (χ4v) is 2.76. The summed E-state index contributed by atoms with van der Waals surface area (Å²) >= 11 is 12.1. The molecule has 0 amide bonds. The lowest BCUT2D eigenvalue weighted by molar-refractivity contribution is 0.524. The lowest BCUT2D eigenvalue weighted by Gasteiger charge is -2.21. The van der Waals surface area contributed by atoms with Crippen molar-refractivity contribution in [1.29, 1.82) is 0 Å². The van der Waals surface area contributed by atoms with Crippen molar-refractivity contribution in [3.05, 3.63) is 69.2 Å². The molecule has 1 nitrogen and oxygen atoms in total. The minimum absolute atomic E-state index is 0.0518. The summed E-state index contributed by atoms with van der Waals surface area (Å²) in [4.78, 5) is 0. The van der Waals surface area contributed by atoms with Gasteiger partial charge in [-0.3, -0.25) is 0 Å². The first kappa shape index (κ1) is 16.2. The Hall–Kier alpha value is -1.16. The van der Waals surface area contributed by atoms with E-state index in [1.54, 1.807) is 24.3 Å². The van der Waals surface area contributed by atoms with Crippen molar-refractivity contribution in [2.75, 3.05) is 6.54 Å². The van der Waals surface area contributed by atoms with Crippen molar-refractivity contribution >= 4 is 23.2 Å². The average Bonchev–Trinajstić information content (AvgIpc) is 2.45. The van der Waals surface area contributed by atoms with Gasteiger partial charge in [-0.25, -0.2) is 8.78 Å². The van der Waals surface area contributed by atoms with Crippen molar-refractivity contribution in [3.63, 3.8) is 0 Å². The molecule has 2 aromatic rings. The van der Waals surface area contributed by atoms with Gasteiger partial charge in [0.1, 0.15) is 11.6 Å². The molecule has 112 valence electrons. The SMILES string of the molecule is CCNC(Cc1c(F)cccc1Cl)c1cccc(F)c1Cl. The molecule has 0 aliphatic heterocycles. The van der Waals surface area contributed by atoms with Crippen LogP contribution in [0.15, 0.2) is 36.4 Å². The molecule has 2 aromatic carbocycles. The Bertz CT molecular complexity index is 611. The molecule has 0 fully saturated rings. The van der Waals surface area contributed by atoms with Crippen LogP contribution in [0.1, 0.15) is 24.1 Å². The minimum atomic E-state index is -0.489. The molecule has 0 heterocycles. The Kier molecular flexibility index (Phi) is 5.57. The Morgan fingerprint density at radius 3 is 2.38 bits per heavy atom. The molecule has 1 N–H and O–H groups in total. The third-order valence-corrected chi connectivity index (χ3v) is 4.03. The highest BCUT2D eigenvalue weighted by molar-refractivity contribution is 6.32. The summed E-state index contributed by atoms with van der Waals surface area (Å²) in [5.41, 5.74) is 0.989. The van der Waals surface area contributed by atoms with E-state index in [-0.39, 0.29) is 16.9 Å². The number of nitrogens with one attached hydrogen (secondary N) is 1. The van der Waals surface area contributed by atoms with Crippen LogP contribution < -0.4 is 5.32 Å². The molecule has 0 bridgehead atoms. The Morgan fingerprint density at radius 2 is 1.71 bits per heavy atom. The van der Waals surface area contributed by atoms with Gasteiger partial charge in [-0.2, -0.15) is 0 Å². The van der Waals surface area contributed by atoms with E-state index in [4.69, 9.17) is 23.2 Å². The van der Waals surface area contributed by atoms with Crippen LogP contribution in [0.3, 0.4) is 0 Å². The fourth-order valence-electron chi connectivity index (χ4n) is 2.26. The van der Waals surface area contributed by atoms with Gasteiger partial charge in [0.15, 0.2) is 0 Å². The van der Waals surface area contributed by atoms with Crippen LogP contribution >= 0.6 is 23.2 Å². The largest absolute Gasteiger partial charge is 0.310 e. The number of halogens is 4. The Labute approximate surface area is 132 Å². The quantitative estimate of drug-likeness (QED) is 0.798. The van der Waals surface area contributed by atoms with Crippen molar-refractivity contribution in [2.45, 2.75) is 19.4 Å². The lowest BCUT2D eigenvalue weighted by atomic mass is 9.98. The van der Waals surface area contributed by atoms with Gasteiger partial charge in [-0.15, -0.1) is 0 Å². The summed E-state index contributed by atoms with van der Waals surface area (Å²) in [6.45, 7) is 2.56. The molecule has 21 heavy (non-hydrogen) atoms. The van der Waals surface area contributed by atoms with Gasteiger partial charge in [0.2, 0.25) is 0 Å². The van der Waals surface area contributed by atoms with E-state index >= 15 is 0 Å². The van der Waals surface area contributed by atoms with Gasteiger partial charge < -0.3 is 5.32 Å². The molecule has 0 radical (unpaired) electrons.